The lowest BCUT2D eigenvalue weighted by atomic mass is 9.94. The van der Waals surface area contributed by atoms with Crippen molar-refractivity contribution in [1.29, 1.82) is 0 Å². The summed E-state index contributed by atoms with van der Waals surface area (Å²) in [6.45, 7) is 7.77. The standard InChI is InChI=1S/C33H37N3O9S/c1-6-43-26-16-21(8-10-25(26)45-19-28(37)35-12-14-42-15-13-35)17-27-31(38)36-30(23-18-22(40-4)9-11-24(23)41-5)29(32(39)44-7-2)20(3)34-33(36)46-27/h8-11,16-18,30H,6-7,12-15,19H2,1-5H3/b27-17+/t30-/m1/s1. The van der Waals surface area contributed by atoms with Crippen molar-refractivity contribution < 1.29 is 38.0 Å². The van der Waals surface area contributed by atoms with E-state index in [2.05, 4.69) is 4.99 Å². The zero-order chi connectivity index (χ0) is 32.8. The van der Waals surface area contributed by atoms with E-state index in [9.17, 15) is 14.4 Å². The summed E-state index contributed by atoms with van der Waals surface area (Å²) in [4.78, 5) is 46.8. The number of benzene rings is 2. The number of methoxy groups -OCH3 is 2. The summed E-state index contributed by atoms with van der Waals surface area (Å²) in [5.41, 5.74) is 1.56. The van der Waals surface area contributed by atoms with Crippen LogP contribution in [0.2, 0.25) is 0 Å². The lowest BCUT2D eigenvalue weighted by Crippen LogP contribution is -2.43. The summed E-state index contributed by atoms with van der Waals surface area (Å²) in [6, 6.07) is 9.61. The van der Waals surface area contributed by atoms with Gasteiger partial charge in [-0.15, -0.1) is 0 Å². The summed E-state index contributed by atoms with van der Waals surface area (Å²) >= 11 is 1.20. The van der Waals surface area contributed by atoms with Crippen LogP contribution in [0.5, 0.6) is 23.0 Å². The van der Waals surface area contributed by atoms with Gasteiger partial charge in [0.15, 0.2) is 22.9 Å². The van der Waals surface area contributed by atoms with Gasteiger partial charge in [-0.25, -0.2) is 9.79 Å². The van der Waals surface area contributed by atoms with Crippen molar-refractivity contribution in [2.75, 3.05) is 60.3 Å². The van der Waals surface area contributed by atoms with Crippen molar-refractivity contribution in [3.05, 3.63) is 78.5 Å². The van der Waals surface area contributed by atoms with Gasteiger partial charge in [-0.2, -0.15) is 0 Å². The van der Waals surface area contributed by atoms with E-state index in [1.807, 2.05) is 6.92 Å². The van der Waals surface area contributed by atoms with Crippen LogP contribution < -0.4 is 33.8 Å². The van der Waals surface area contributed by atoms with Gasteiger partial charge in [0.2, 0.25) is 0 Å². The van der Waals surface area contributed by atoms with Crippen LogP contribution in [0.3, 0.4) is 0 Å². The van der Waals surface area contributed by atoms with E-state index < -0.39 is 12.0 Å². The van der Waals surface area contributed by atoms with Crippen molar-refractivity contribution >= 4 is 29.3 Å². The van der Waals surface area contributed by atoms with E-state index in [1.54, 1.807) is 68.3 Å². The van der Waals surface area contributed by atoms with Crippen molar-refractivity contribution in [2.24, 2.45) is 4.99 Å². The summed E-state index contributed by atoms with van der Waals surface area (Å²) < 4.78 is 35.4. The molecule has 3 aromatic rings. The fourth-order valence-corrected chi connectivity index (χ4v) is 6.38. The maximum atomic E-state index is 14.1. The molecule has 0 spiro atoms. The molecule has 3 heterocycles. The summed E-state index contributed by atoms with van der Waals surface area (Å²) in [5, 5.41) is 0. The number of morpholine rings is 1. The Kier molecular flexibility index (Phi) is 10.4. The number of amides is 1. The lowest BCUT2D eigenvalue weighted by molar-refractivity contribution is -0.139. The van der Waals surface area contributed by atoms with Crippen molar-refractivity contribution in [3.8, 4) is 23.0 Å². The van der Waals surface area contributed by atoms with Gasteiger partial charge in [0.25, 0.3) is 11.5 Å². The van der Waals surface area contributed by atoms with Crippen molar-refractivity contribution in [3.63, 3.8) is 0 Å². The number of hydrogen-bond acceptors (Lipinski definition) is 11. The molecular formula is C33H37N3O9S. The van der Waals surface area contributed by atoms with Crippen LogP contribution in [0.15, 0.2) is 57.5 Å². The summed E-state index contributed by atoms with van der Waals surface area (Å²) in [6.07, 6.45) is 1.73. The quantitative estimate of drug-likeness (QED) is 0.288. The minimum Gasteiger partial charge on any atom is -0.497 e. The number of allylic oxidation sites excluding steroid dienone is 1. The molecule has 0 saturated carbocycles. The van der Waals surface area contributed by atoms with Gasteiger partial charge in [0, 0.05) is 18.7 Å². The van der Waals surface area contributed by atoms with E-state index in [1.165, 1.54) is 23.0 Å². The van der Waals surface area contributed by atoms with Crippen LogP contribution in [0.4, 0.5) is 0 Å². The molecule has 12 nitrogen and oxygen atoms in total. The first-order valence-electron chi connectivity index (χ1n) is 15.0. The van der Waals surface area contributed by atoms with Crippen molar-refractivity contribution in [1.82, 2.24) is 9.47 Å². The first-order valence-corrected chi connectivity index (χ1v) is 15.8. The number of nitrogens with zero attached hydrogens (tertiary/aromatic N) is 3. The van der Waals surface area contributed by atoms with Gasteiger partial charge in [-0.3, -0.25) is 14.2 Å². The third-order valence-corrected chi connectivity index (χ3v) is 8.51. The normalized spacial score (nSPS) is 16.4. The lowest BCUT2D eigenvalue weighted by Gasteiger charge is -2.26. The fraction of sp³-hybridized carbons (Fsp3) is 0.394. The van der Waals surface area contributed by atoms with Crippen LogP contribution in [-0.4, -0.2) is 81.7 Å². The second-order valence-electron chi connectivity index (χ2n) is 10.3. The molecule has 0 N–H and O–H groups in total. The molecule has 1 saturated heterocycles. The molecule has 2 aliphatic heterocycles. The maximum Gasteiger partial charge on any atom is 0.338 e. The van der Waals surface area contributed by atoms with Gasteiger partial charge >= 0.3 is 5.97 Å². The predicted octanol–water partition coefficient (Wildman–Crippen LogP) is 2.45. The molecule has 5 rings (SSSR count). The molecule has 2 aliphatic rings. The summed E-state index contributed by atoms with van der Waals surface area (Å²) in [5.74, 6) is 1.17. The molecular weight excluding hydrogens is 614 g/mol. The number of thiazole rings is 1. The predicted molar refractivity (Wildman–Crippen MR) is 170 cm³/mol. The van der Waals surface area contributed by atoms with Gasteiger partial charge in [-0.1, -0.05) is 17.4 Å². The average Bonchev–Trinajstić information content (AvgIpc) is 3.37. The molecule has 13 heteroatoms. The Morgan fingerprint density at radius 3 is 2.46 bits per heavy atom. The highest BCUT2D eigenvalue weighted by molar-refractivity contribution is 7.07. The average molecular weight is 652 g/mol. The van der Waals surface area contributed by atoms with E-state index in [0.717, 1.165) is 0 Å². The molecule has 0 bridgehead atoms. The number of ether oxygens (including phenoxy) is 6. The third-order valence-electron chi connectivity index (χ3n) is 7.53. The van der Waals surface area contributed by atoms with Crippen molar-refractivity contribution in [2.45, 2.75) is 26.8 Å². The second-order valence-corrected chi connectivity index (χ2v) is 11.3. The smallest absolute Gasteiger partial charge is 0.338 e. The number of aromatic nitrogens is 1. The van der Waals surface area contributed by atoms with Crippen LogP contribution in [0.1, 0.15) is 37.9 Å². The van der Waals surface area contributed by atoms with Crippen LogP contribution in [-0.2, 0) is 19.1 Å². The summed E-state index contributed by atoms with van der Waals surface area (Å²) in [7, 11) is 3.07. The molecule has 0 unspecified atom stereocenters. The Balaban J connectivity index is 1.55. The minimum atomic E-state index is -0.874. The maximum absolute atomic E-state index is 14.1. The number of rotatable bonds is 11. The van der Waals surface area contributed by atoms with Crippen LogP contribution in [0.25, 0.3) is 6.08 Å². The van der Waals surface area contributed by atoms with E-state index in [4.69, 9.17) is 28.4 Å². The Labute approximate surface area is 270 Å². The highest BCUT2D eigenvalue weighted by Gasteiger charge is 2.35. The Hall–Kier alpha value is -4.62. The molecule has 1 amide bonds. The zero-order valence-electron chi connectivity index (χ0n) is 26.5. The molecule has 1 atom stereocenters. The Morgan fingerprint density at radius 1 is 1.00 bits per heavy atom. The largest absolute Gasteiger partial charge is 0.497 e. The number of hydrogen-bond donors (Lipinski definition) is 0. The monoisotopic (exact) mass is 651 g/mol. The third kappa shape index (κ3) is 6.80. The Bertz CT molecular complexity index is 1820. The molecule has 0 aliphatic carbocycles. The molecule has 46 heavy (non-hydrogen) atoms. The van der Waals surface area contributed by atoms with Gasteiger partial charge < -0.3 is 33.3 Å². The topological polar surface area (TPSA) is 127 Å². The zero-order valence-corrected chi connectivity index (χ0v) is 27.3. The minimum absolute atomic E-state index is 0.129. The first-order chi connectivity index (χ1) is 22.3. The van der Waals surface area contributed by atoms with E-state index >= 15 is 0 Å². The molecule has 244 valence electrons. The number of fused-ring (bicyclic) bond motifs is 1. The van der Waals surface area contributed by atoms with Crippen LogP contribution in [0, 0.1) is 0 Å². The molecule has 1 aromatic heterocycles. The van der Waals surface area contributed by atoms with Crippen LogP contribution >= 0.6 is 11.3 Å². The first kappa shape index (κ1) is 32.8. The Morgan fingerprint density at radius 2 is 1.76 bits per heavy atom. The number of carbonyl (C=O) groups is 2. The SMILES string of the molecule is CCOC(=O)C1=C(C)N=c2s/c(=C/c3ccc(OCC(=O)N4CCOCC4)c(OCC)c3)c(=O)n2[C@@H]1c1cc(OC)ccc1OC. The van der Waals surface area contributed by atoms with Gasteiger partial charge in [0.1, 0.15) is 17.5 Å². The number of esters is 1. The highest BCUT2D eigenvalue weighted by atomic mass is 32.1. The number of carbonyl (C=O) groups excluding carboxylic acids is 2. The molecule has 0 radical (unpaired) electrons. The van der Waals surface area contributed by atoms with E-state index in [-0.39, 0.29) is 30.3 Å². The fourth-order valence-electron chi connectivity index (χ4n) is 5.34. The van der Waals surface area contributed by atoms with Gasteiger partial charge in [-0.05, 0) is 62.7 Å². The second kappa shape index (κ2) is 14.6. The highest BCUT2D eigenvalue weighted by Crippen LogP contribution is 2.38. The molecule has 2 aromatic carbocycles. The van der Waals surface area contributed by atoms with Gasteiger partial charge in [0.05, 0.1) is 56.4 Å². The van der Waals surface area contributed by atoms with E-state index in [0.29, 0.717) is 82.1 Å². The molecule has 1 fully saturated rings.